The average Bonchev–Trinajstić information content (AvgIpc) is 3.49. The molecule has 1 amide bonds. The van der Waals surface area contributed by atoms with Gasteiger partial charge >= 0.3 is 0 Å². The number of ether oxygens (including phenoxy) is 1. The summed E-state index contributed by atoms with van der Waals surface area (Å²) in [5.74, 6) is 0.289. The lowest BCUT2D eigenvalue weighted by atomic mass is 10.0. The first kappa shape index (κ1) is 20.9. The van der Waals surface area contributed by atoms with E-state index in [9.17, 15) is 9.18 Å². The molecule has 2 aliphatic heterocycles. The summed E-state index contributed by atoms with van der Waals surface area (Å²) in [6.07, 6.45) is 5.41. The summed E-state index contributed by atoms with van der Waals surface area (Å²) in [7, 11) is 0. The highest BCUT2D eigenvalue weighted by molar-refractivity contribution is 5.93. The number of carbonyl (C=O) groups is 1. The zero-order valence-electron chi connectivity index (χ0n) is 18.4. The second kappa shape index (κ2) is 8.16. The Hall–Kier alpha value is -3.00. The topological polar surface area (TPSA) is 71.8 Å². The summed E-state index contributed by atoms with van der Waals surface area (Å²) in [6, 6.07) is 10.6. The fraction of sp³-hybridized carbons (Fsp3) is 0.458. The summed E-state index contributed by atoms with van der Waals surface area (Å²) in [5, 5.41) is 7.70. The van der Waals surface area contributed by atoms with E-state index in [2.05, 4.69) is 29.0 Å². The fourth-order valence-electron chi connectivity index (χ4n) is 4.79. The first-order chi connectivity index (χ1) is 15.4. The van der Waals surface area contributed by atoms with Crippen molar-refractivity contribution in [1.29, 1.82) is 0 Å². The van der Waals surface area contributed by atoms with Crippen molar-refractivity contribution in [3.05, 3.63) is 59.7 Å². The van der Waals surface area contributed by atoms with Crippen molar-refractivity contribution in [3.63, 3.8) is 0 Å². The predicted octanol–water partition coefficient (Wildman–Crippen LogP) is 3.90. The highest BCUT2D eigenvalue weighted by atomic mass is 19.1. The third-order valence-corrected chi connectivity index (χ3v) is 6.41. The highest BCUT2D eigenvalue weighted by Gasteiger charge is 2.32. The molecule has 168 valence electrons. The molecule has 3 aromatic rings. The molecule has 2 aromatic heterocycles. The third-order valence-electron chi connectivity index (χ3n) is 6.41. The van der Waals surface area contributed by atoms with Gasteiger partial charge in [-0.2, -0.15) is 0 Å². The number of anilines is 1. The van der Waals surface area contributed by atoms with Gasteiger partial charge in [-0.25, -0.2) is 13.9 Å². The van der Waals surface area contributed by atoms with Crippen LogP contribution in [0.4, 0.5) is 10.2 Å². The van der Waals surface area contributed by atoms with E-state index in [1.807, 2.05) is 18.2 Å². The normalized spacial score (nSPS) is 22.5. The highest BCUT2D eigenvalue weighted by Crippen LogP contribution is 2.35. The largest absolute Gasteiger partial charge is 0.371 e. The number of aromatic nitrogens is 3. The number of amides is 1. The molecule has 0 radical (unpaired) electrons. The van der Waals surface area contributed by atoms with Gasteiger partial charge in [0.25, 0.3) is 5.91 Å². The molecule has 2 atom stereocenters. The molecule has 2 aliphatic rings. The Balaban J connectivity index is 1.36. The second-order valence-corrected chi connectivity index (χ2v) is 9.26. The molecule has 1 N–H and O–H groups in total. The minimum absolute atomic E-state index is 0.0216. The van der Waals surface area contributed by atoms with Gasteiger partial charge in [0.05, 0.1) is 23.9 Å². The smallest absolute Gasteiger partial charge is 0.271 e. The second-order valence-electron chi connectivity index (χ2n) is 9.26. The zero-order valence-corrected chi connectivity index (χ0v) is 18.4. The molecule has 7 nitrogen and oxygen atoms in total. The Bertz CT molecular complexity index is 1140. The number of rotatable bonds is 5. The lowest BCUT2D eigenvalue weighted by Crippen LogP contribution is -2.34. The van der Waals surface area contributed by atoms with Gasteiger partial charge in [-0.1, -0.05) is 12.1 Å². The number of fused-ring (bicyclic) bond motifs is 1. The van der Waals surface area contributed by atoms with Gasteiger partial charge in [-0.3, -0.25) is 4.79 Å². The monoisotopic (exact) mass is 437 g/mol. The van der Waals surface area contributed by atoms with E-state index in [1.54, 1.807) is 22.8 Å². The summed E-state index contributed by atoms with van der Waals surface area (Å²) < 4.78 is 21.3. The molecule has 32 heavy (non-hydrogen) atoms. The van der Waals surface area contributed by atoms with Crippen molar-refractivity contribution >= 4 is 17.4 Å². The van der Waals surface area contributed by atoms with Gasteiger partial charge < -0.3 is 15.0 Å². The molecule has 4 heterocycles. The van der Waals surface area contributed by atoms with Gasteiger partial charge in [0, 0.05) is 13.1 Å². The van der Waals surface area contributed by atoms with Crippen molar-refractivity contribution in [2.45, 2.75) is 57.3 Å². The minimum Gasteiger partial charge on any atom is -0.371 e. The quantitative estimate of drug-likeness (QED) is 0.656. The van der Waals surface area contributed by atoms with E-state index in [4.69, 9.17) is 9.84 Å². The van der Waals surface area contributed by atoms with Crippen LogP contribution in [-0.2, 0) is 4.74 Å². The Morgan fingerprint density at radius 3 is 2.94 bits per heavy atom. The SMILES string of the molecule is CC1(C)CCC(CNC(=O)c2cnc3ccc(N4CCC[C@@H]4c4cccc(F)c4)nn23)O1. The average molecular weight is 438 g/mol. The van der Waals surface area contributed by atoms with Crippen LogP contribution in [0.5, 0.6) is 0 Å². The molecular weight excluding hydrogens is 409 g/mol. The molecule has 5 rings (SSSR count). The molecule has 2 saturated heterocycles. The van der Waals surface area contributed by atoms with Crippen LogP contribution in [0.25, 0.3) is 5.65 Å². The van der Waals surface area contributed by atoms with E-state index >= 15 is 0 Å². The maximum atomic E-state index is 13.8. The van der Waals surface area contributed by atoms with Crippen molar-refractivity contribution in [1.82, 2.24) is 19.9 Å². The first-order valence-electron chi connectivity index (χ1n) is 11.2. The maximum Gasteiger partial charge on any atom is 0.271 e. The number of hydrogen-bond acceptors (Lipinski definition) is 5. The molecule has 2 fully saturated rings. The van der Waals surface area contributed by atoms with Crippen LogP contribution < -0.4 is 10.2 Å². The van der Waals surface area contributed by atoms with Crippen LogP contribution in [-0.4, -0.2) is 45.3 Å². The lowest BCUT2D eigenvalue weighted by Gasteiger charge is -2.26. The zero-order chi connectivity index (χ0) is 22.3. The van der Waals surface area contributed by atoms with Gasteiger partial charge in [0.1, 0.15) is 11.6 Å². The third kappa shape index (κ3) is 4.07. The Morgan fingerprint density at radius 1 is 1.28 bits per heavy atom. The van der Waals surface area contributed by atoms with Gasteiger partial charge in [0.2, 0.25) is 0 Å². The lowest BCUT2D eigenvalue weighted by molar-refractivity contribution is -0.0138. The van der Waals surface area contributed by atoms with E-state index in [0.29, 0.717) is 17.9 Å². The Kier molecular flexibility index (Phi) is 5.33. The van der Waals surface area contributed by atoms with E-state index in [0.717, 1.165) is 43.6 Å². The number of benzene rings is 1. The summed E-state index contributed by atoms with van der Waals surface area (Å²) in [6.45, 7) is 5.42. The summed E-state index contributed by atoms with van der Waals surface area (Å²) in [4.78, 5) is 19.4. The number of carbonyl (C=O) groups excluding carboxylic acids is 1. The Labute approximate surface area is 186 Å². The van der Waals surface area contributed by atoms with E-state index in [1.165, 1.54) is 6.07 Å². The first-order valence-corrected chi connectivity index (χ1v) is 11.2. The molecule has 1 unspecified atom stereocenters. The number of halogens is 1. The van der Waals surface area contributed by atoms with Gasteiger partial charge in [0.15, 0.2) is 11.3 Å². The molecular formula is C24H28FN5O2. The van der Waals surface area contributed by atoms with Gasteiger partial charge in [-0.15, -0.1) is 5.10 Å². The minimum atomic E-state index is -0.235. The Morgan fingerprint density at radius 2 is 2.16 bits per heavy atom. The molecule has 1 aromatic carbocycles. The van der Waals surface area contributed by atoms with Crippen LogP contribution in [0.3, 0.4) is 0 Å². The number of nitrogens with zero attached hydrogens (tertiary/aromatic N) is 4. The summed E-state index contributed by atoms with van der Waals surface area (Å²) in [5.41, 5.74) is 1.80. The van der Waals surface area contributed by atoms with Crippen molar-refractivity contribution in [3.8, 4) is 0 Å². The molecule has 0 spiro atoms. The summed E-state index contributed by atoms with van der Waals surface area (Å²) >= 11 is 0. The van der Waals surface area contributed by atoms with E-state index < -0.39 is 0 Å². The van der Waals surface area contributed by atoms with Crippen molar-refractivity contribution in [2.75, 3.05) is 18.0 Å². The predicted molar refractivity (Wildman–Crippen MR) is 119 cm³/mol. The van der Waals surface area contributed by atoms with Crippen LogP contribution in [0.15, 0.2) is 42.6 Å². The molecule has 8 heteroatoms. The van der Waals surface area contributed by atoms with Crippen LogP contribution in [0.1, 0.15) is 61.6 Å². The van der Waals surface area contributed by atoms with Crippen LogP contribution in [0, 0.1) is 5.82 Å². The maximum absolute atomic E-state index is 13.8. The molecule has 0 bridgehead atoms. The number of imidazole rings is 1. The fourth-order valence-corrected chi connectivity index (χ4v) is 4.79. The standard InChI is InChI=1S/C24H28FN5O2/c1-24(2)11-10-18(32-24)14-27-23(31)20-15-26-21-8-9-22(28-30(20)21)29-12-4-7-19(29)16-5-3-6-17(25)13-16/h3,5-6,8-9,13,15,18-19H,4,7,10-12,14H2,1-2H3,(H,27,31)/t18?,19-/m1/s1. The van der Waals surface area contributed by atoms with Gasteiger partial charge in [-0.05, 0) is 69.4 Å². The molecule has 0 aliphatic carbocycles. The van der Waals surface area contributed by atoms with E-state index in [-0.39, 0.29) is 29.5 Å². The van der Waals surface area contributed by atoms with Crippen LogP contribution in [0.2, 0.25) is 0 Å². The number of nitrogens with one attached hydrogen (secondary N) is 1. The van der Waals surface area contributed by atoms with Crippen molar-refractivity contribution in [2.24, 2.45) is 0 Å². The van der Waals surface area contributed by atoms with Crippen LogP contribution >= 0.6 is 0 Å². The molecule has 0 saturated carbocycles. The number of hydrogen-bond donors (Lipinski definition) is 1. The van der Waals surface area contributed by atoms with Crippen molar-refractivity contribution < 1.29 is 13.9 Å².